The summed E-state index contributed by atoms with van der Waals surface area (Å²) < 4.78 is 5.79. The summed E-state index contributed by atoms with van der Waals surface area (Å²) >= 11 is 0. The predicted molar refractivity (Wildman–Crippen MR) is 73.1 cm³/mol. The summed E-state index contributed by atoms with van der Waals surface area (Å²) in [7, 11) is 0. The number of hydrogen-bond donors (Lipinski definition) is 0. The second-order valence-corrected chi connectivity index (χ2v) is 4.78. The summed E-state index contributed by atoms with van der Waals surface area (Å²) in [5.41, 5.74) is 5.25. The van der Waals surface area contributed by atoms with Gasteiger partial charge in [0.15, 0.2) is 5.78 Å². The molecule has 2 aromatic rings. The van der Waals surface area contributed by atoms with Crippen LogP contribution in [0.3, 0.4) is 0 Å². The number of fused-ring (bicyclic) bond motifs is 5. The lowest BCUT2D eigenvalue weighted by molar-refractivity contribution is -0.112. The van der Waals surface area contributed by atoms with Crippen LogP contribution in [0, 0.1) is 0 Å². The van der Waals surface area contributed by atoms with Crippen LogP contribution in [-0.2, 0) is 17.8 Å². The molecule has 0 fully saturated rings. The lowest BCUT2D eigenvalue weighted by Gasteiger charge is -2.24. The zero-order valence-electron chi connectivity index (χ0n) is 10.2. The molecule has 0 radical (unpaired) electrons. The number of para-hydroxylation sites is 1. The number of rotatable bonds is 0. The topological polar surface area (TPSA) is 38.7 Å². The van der Waals surface area contributed by atoms with E-state index in [0.29, 0.717) is 13.0 Å². The van der Waals surface area contributed by atoms with Crippen LogP contribution in [0.15, 0.2) is 41.4 Å². The molecular weight excluding hydrogens is 238 g/mol. The van der Waals surface area contributed by atoms with Crippen molar-refractivity contribution in [2.24, 2.45) is 4.99 Å². The monoisotopic (exact) mass is 249 g/mol. The average Bonchev–Trinajstić information content (AvgIpc) is 2.46. The van der Waals surface area contributed by atoms with Gasteiger partial charge >= 0.3 is 0 Å². The van der Waals surface area contributed by atoms with Gasteiger partial charge in [-0.3, -0.25) is 9.79 Å². The van der Waals surface area contributed by atoms with Crippen molar-refractivity contribution in [3.8, 4) is 16.9 Å². The Bertz CT molecular complexity index is 732. The van der Waals surface area contributed by atoms with E-state index in [0.717, 1.165) is 33.7 Å². The first kappa shape index (κ1) is 10.5. The number of nitrogens with zero attached hydrogens (tertiary/aromatic N) is 1. The molecule has 3 heteroatoms. The molecule has 2 heterocycles. The van der Waals surface area contributed by atoms with Gasteiger partial charge in [-0.15, -0.1) is 0 Å². The molecule has 19 heavy (non-hydrogen) atoms. The zero-order chi connectivity index (χ0) is 12.8. The van der Waals surface area contributed by atoms with Gasteiger partial charge in [0.25, 0.3) is 0 Å². The molecule has 0 N–H and O–H groups in total. The molecule has 0 aliphatic carbocycles. The van der Waals surface area contributed by atoms with Crippen molar-refractivity contribution >= 4 is 17.7 Å². The van der Waals surface area contributed by atoms with E-state index in [4.69, 9.17) is 4.74 Å². The number of hydrogen-bond acceptors (Lipinski definition) is 3. The first-order valence-electron chi connectivity index (χ1n) is 6.27. The van der Waals surface area contributed by atoms with Gasteiger partial charge in [0.05, 0.1) is 11.9 Å². The Balaban J connectivity index is 1.98. The molecule has 0 aromatic heterocycles. The number of ether oxygens (including phenoxy) is 1. The Morgan fingerprint density at radius 3 is 2.84 bits per heavy atom. The van der Waals surface area contributed by atoms with Crippen molar-refractivity contribution in [2.75, 3.05) is 0 Å². The summed E-state index contributed by atoms with van der Waals surface area (Å²) in [5.74, 6) is 0.959. The zero-order valence-corrected chi connectivity index (χ0v) is 10.2. The Morgan fingerprint density at radius 2 is 1.89 bits per heavy atom. The van der Waals surface area contributed by atoms with Crippen LogP contribution in [0.2, 0.25) is 0 Å². The molecule has 0 amide bonds. The third-order valence-corrected chi connectivity index (χ3v) is 3.65. The van der Waals surface area contributed by atoms with E-state index in [2.05, 4.69) is 11.1 Å². The molecular formula is C16H11NO2. The maximum absolute atomic E-state index is 11.6. The molecule has 0 unspecified atom stereocenters. The highest BCUT2D eigenvalue weighted by Crippen LogP contribution is 2.41. The Morgan fingerprint density at radius 1 is 1.00 bits per heavy atom. The van der Waals surface area contributed by atoms with Crippen molar-refractivity contribution in [3.05, 3.63) is 47.5 Å². The lowest BCUT2D eigenvalue weighted by Crippen LogP contribution is -2.15. The second-order valence-electron chi connectivity index (χ2n) is 4.78. The largest absolute Gasteiger partial charge is 0.488 e. The van der Waals surface area contributed by atoms with E-state index in [-0.39, 0.29) is 5.78 Å². The Hall–Kier alpha value is -2.42. The minimum atomic E-state index is 0.0553. The average molecular weight is 249 g/mol. The van der Waals surface area contributed by atoms with Crippen LogP contribution in [0.4, 0.5) is 5.69 Å². The first-order valence-corrected chi connectivity index (χ1v) is 6.27. The number of carbonyl (C=O) groups excluding carboxylic acids is 1. The van der Waals surface area contributed by atoms with E-state index < -0.39 is 0 Å². The summed E-state index contributed by atoms with van der Waals surface area (Å²) in [5, 5.41) is 0. The SMILES string of the molecule is O=C1C=Nc2ccc3c(c2C1)COc1ccccc1-3. The van der Waals surface area contributed by atoms with E-state index >= 15 is 0 Å². The van der Waals surface area contributed by atoms with E-state index in [1.807, 2.05) is 30.3 Å². The summed E-state index contributed by atoms with van der Waals surface area (Å²) in [6.07, 6.45) is 1.83. The minimum absolute atomic E-state index is 0.0553. The van der Waals surface area contributed by atoms with Crippen molar-refractivity contribution in [3.63, 3.8) is 0 Å². The molecule has 2 aliphatic rings. The van der Waals surface area contributed by atoms with Gasteiger partial charge in [0.1, 0.15) is 12.4 Å². The number of aliphatic imine (C=N–C) groups is 1. The van der Waals surface area contributed by atoms with Gasteiger partial charge in [0.2, 0.25) is 0 Å². The maximum Gasteiger partial charge on any atom is 0.178 e. The van der Waals surface area contributed by atoms with Gasteiger partial charge < -0.3 is 4.74 Å². The van der Waals surface area contributed by atoms with Gasteiger partial charge in [-0.25, -0.2) is 0 Å². The molecule has 0 saturated heterocycles. The normalized spacial score (nSPS) is 15.3. The number of ketones is 1. The van der Waals surface area contributed by atoms with Crippen LogP contribution in [-0.4, -0.2) is 12.0 Å². The molecule has 4 rings (SSSR count). The molecule has 0 atom stereocenters. The number of benzene rings is 2. The molecule has 2 aromatic carbocycles. The Labute approximate surface area is 110 Å². The van der Waals surface area contributed by atoms with E-state index in [1.54, 1.807) is 0 Å². The molecule has 92 valence electrons. The third kappa shape index (κ3) is 1.51. The highest BCUT2D eigenvalue weighted by molar-refractivity contribution is 6.30. The summed E-state index contributed by atoms with van der Waals surface area (Å²) in [4.78, 5) is 15.8. The lowest BCUT2D eigenvalue weighted by atomic mass is 9.89. The minimum Gasteiger partial charge on any atom is -0.488 e. The van der Waals surface area contributed by atoms with Gasteiger partial charge in [-0.2, -0.15) is 0 Å². The molecule has 2 aliphatic heterocycles. The van der Waals surface area contributed by atoms with Crippen LogP contribution < -0.4 is 4.74 Å². The van der Waals surface area contributed by atoms with E-state index in [9.17, 15) is 4.79 Å². The van der Waals surface area contributed by atoms with Gasteiger partial charge in [-0.1, -0.05) is 24.3 Å². The van der Waals surface area contributed by atoms with Gasteiger partial charge in [0, 0.05) is 17.5 Å². The van der Waals surface area contributed by atoms with Crippen molar-refractivity contribution in [2.45, 2.75) is 13.0 Å². The second kappa shape index (κ2) is 3.79. The molecule has 0 saturated carbocycles. The van der Waals surface area contributed by atoms with Crippen molar-refractivity contribution in [1.82, 2.24) is 0 Å². The molecule has 3 nitrogen and oxygen atoms in total. The van der Waals surface area contributed by atoms with E-state index in [1.165, 1.54) is 6.21 Å². The van der Waals surface area contributed by atoms with Crippen LogP contribution in [0.25, 0.3) is 11.1 Å². The number of carbonyl (C=O) groups is 1. The highest BCUT2D eigenvalue weighted by Gasteiger charge is 2.23. The standard InChI is InChI=1S/C16H11NO2/c18-10-7-13-14-9-19-16-4-2-1-3-12(16)11(14)5-6-15(13)17-8-10/h1-6,8H,7,9H2. The summed E-state index contributed by atoms with van der Waals surface area (Å²) in [6, 6.07) is 12.0. The van der Waals surface area contributed by atoms with Crippen LogP contribution in [0.5, 0.6) is 5.75 Å². The Kier molecular flexibility index (Phi) is 2.09. The molecule has 0 spiro atoms. The fraction of sp³-hybridized carbons (Fsp3) is 0.125. The third-order valence-electron chi connectivity index (χ3n) is 3.65. The molecule has 0 bridgehead atoms. The van der Waals surface area contributed by atoms with Crippen molar-refractivity contribution < 1.29 is 9.53 Å². The summed E-state index contributed by atoms with van der Waals surface area (Å²) in [6.45, 7) is 0.512. The highest BCUT2D eigenvalue weighted by atomic mass is 16.5. The van der Waals surface area contributed by atoms with Crippen LogP contribution in [0.1, 0.15) is 11.1 Å². The smallest absolute Gasteiger partial charge is 0.178 e. The first-order chi connectivity index (χ1) is 9.33. The predicted octanol–water partition coefficient (Wildman–Crippen LogP) is 3.07. The van der Waals surface area contributed by atoms with Gasteiger partial charge in [-0.05, 0) is 23.3 Å². The quantitative estimate of drug-likeness (QED) is 0.719. The number of Topliss-reactive ketones (excluding diaryl/α,β-unsaturated/α-hetero) is 1. The van der Waals surface area contributed by atoms with Crippen molar-refractivity contribution in [1.29, 1.82) is 0 Å². The fourth-order valence-corrected chi connectivity index (χ4v) is 2.74. The van der Waals surface area contributed by atoms with Crippen LogP contribution >= 0.6 is 0 Å². The maximum atomic E-state index is 11.6. The fourth-order valence-electron chi connectivity index (χ4n) is 2.74.